The molecule has 3 aromatic rings. The van der Waals surface area contributed by atoms with Crippen molar-refractivity contribution in [2.45, 2.75) is 6.92 Å². The highest BCUT2D eigenvalue weighted by atomic mass is 16.5. The van der Waals surface area contributed by atoms with E-state index in [0.717, 1.165) is 16.9 Å². The van der Waals surface area contributed by atoms with Crippen LogP contribution in [0.15, 0.2) is 41.2 Å². The number of nitrogens with zero attached hydrogens (tertiary/aromatic N) is 3. The average molecular weight is 282 g/mol. The number of ether oxygens (including phenoxy) is 1. The Balaban J connectivity index is 1.99. The molecular weight excluding hydrogens is 268 g/mol. The van der Waals surface area contributed by atoms with E-state index < -0.39 is 0 Å². The van der Waals surface area contributed by atoms with Crippen molar-refractivity contribution in [3.8, 4) is 28.6 Å². The zero-order valence-electron chi connectivity index (χ0n) is 11.7. The summed E-state index contributed by atoms with van der Waals surface area (Å²) in [6, 6.07) is 7.45. The highest BCUT2D eigenvalue weighted by Crippen LogP contribution is 2.28. The second-order valence-electron chi connectivity index (χ2n) is 4.57. The molecule has 0 unspecified atom stereocenters. The van der Waals surface area contributed by atoms with Crippen molar-refractivity contribution in [2.24, 2.45) is 0 Å². The maximum atomic E-state index is 5.86. The first-order valence-electron chi connectivity index (χ1n) is 6.37. The van der Waals surface area contributed by atoms with Crippen molar-refractivity contribution in [3.05, 3.63) is 42.2 Å². The van der Waals surface area contributed by atoms with Gasteiger partial charge in [0.1, 0.15) is 5.75 Å². The van der Waals surface area contributed by atoms with Gasteiger partial charge in [-0.1, -0.05) is 5.16 Å². The fraction of sp³-hybridized carbons (Fsp3) is 0.133. The highest BCUT2D eigenvalue weighted by Gasteiger charge is 2.13. The summed E-state index contributed by atoms with van der Waals surface area (Å²) in [6.07, 6.45) is 3.18. The molecule has 2 aromatic heterocycles. The van der Waals surface area contributed by atoms with Crippen LogP contribution in [0.1, 0.15) is 5.56 Å². The second kappa shape index (κ2) is 5.24. The Hall–Kier alpha value is -2.89. The van der Waals surface area contributed by atoms with Crippen molar-refractivity contribution < 1.29 is 9.26 Å². The first-order valence-corrected chi connectivity index (χ1v) is 6.37. The Morgan fingerprint density at radius 3 is 2.81 bits per heavy atom. The standard InChI is InChI=1S/C15H14N4O2/c1-9-7-10(3-4-13(9)20-2)14-18-15(21-19-14)11-5-6-17-8-12(11)16/h3-8H,16H2,1-2H3. The van der Waals surface area contributed by atoms with Gasteiger partial charge in [0.15, 0.2) is 0 Å². The first-order chi connectivity index (χ1) is 10.2. The lowest BCUT2D eigenvalue weighted by molar-refractivity contribution is 0.411. The molecule has 0 aliphatic carbocycles. The van der Waals surface area contributed by atoms with Crippen LogP contribution in [0.25, 0.3) is 22.8 Å². The van der Waals surface area contributed by atoms with E-state index in [-0.39, 0.29) is 0 Å². The topological polar surface area (TPSA) is 87.1 Å². The number of hydrogen-bond donors (Lipinski definition) is 1. The zero-order chi connectivity index (χ0) is 14.8. The minimum atomic E-state index is 0.373. The van der Waals surface area contributed by atoms with Crippen molar-refractivity contribution >= 4 is 5.69 Å². The number of nitrogen functional groups attached to an aromatic ring is 1. The lowest BCUT2D eigenvalue weighted by Gasteiger charge is -2.04. The van der Waals surface area contributed by atoms with E-state index in [1.54, 1.807) is 25.6 Å². The van der Waals surface area contributed by atoms with E-state index in [1.807, 2.05) is 25.1 Å². The molecule has 2 N–H and O–H groups in total. The maximum absolute atomic E-state index is 5.86. The molecule has 1 aromatic carbocycles. The molecule has 6 heteroatoms. The number of aromatic nitrogens is 3. The molecule has 106 valence electrons. The Morgan fingerprint density at radius 1 is 1.24 bits per heavy atom. The summed E-state index contributed by atoms with van der Waals surface area (Å²) in [5, 5.41) is 4.00. The monoisotopic (exact) mass is 282 g/mol. The Labute approximate surface area is 121 Å². The fourth-order valence-corrected chi connectivity index (χ4v) is 2.07. The smallest absolute Gasteiger partial charge is 0.260 e. The van der Waals surface area contributed by atoms with Gasteiger partial charge in [-0.2, -0.15) is 4.98 Å². The van der Waals surface area contributed by atoms with Crippen LogP contribution in [0.5, 0.6) is 5.75 Å². The van der Waals surface area contributed by atoms with Crippen LogP contribution in [-0.2, 0) is 0 Å². The number of anilines is 1. The summed E-state index contributed by atoms with van der Waals surface area (Å²) < 4.78 is 10.5. The Morgan fingerprint density at radius 2 is 2.10 bits per heavy atom. The number of hydrogen-bond acceptors (Lipinski definition) is 6. The largest absolute Gasteiger partial charge is 0.496 e. The average Bonchev–Trinajstić information content (AvgIpc) is 2.97. The lowest BCUT2D eigenvalue weighted by atomic mass is 10.1. The quantitative estimate of drug-likeness (QED) is 0.794. The van der Waals surface area contributed by atoms with Crippen LogP contribution in [0.3, 0.4) is 0 Å². The van der Waals surface area contributed by atoms with Crippen LogP contribution >= 0.6 is 0 Å². The SMILES string of the molecule is COc1ccc(-c2noc(-c3ccncc3N)n2)cc1C. The number of pyridine rings is 1. The summed E-state index contributed by atoms with van der Waals surface area (Å²) in [6.45, 7) is 1.96. The van der Waals surface area contributed by atoms with Gasteiger partial charge in [-0.25, -0.2) is 0 Å². The molecule has 0 aliphatic rings. The van der Waals surface area contributed by atoms with Crippen LogP contribution in [0.4, 0.5) is 5.69 Å². The predicted octanol–water partition coefficient (Wildman–Crippen LogP) is 2.70. The van der Waals surface area contributed by atoms with Crippen LogP contribution < -0.4 is 10.5 Å². The van der Waals surface area contributed by atoms with Crippen LogP contribution in [0.2, 0.25) is 0 Å². The molecule has 0 aliphatic heterocycles. The number of rotatable bonds is 3. The zero-order valence-corrected chi connectivity index (χ0v) is 11.7. The molecule has 0 saturated carbocycles. The number of methoxy groups -OCH3 is 1. The minimum Gasteiger partial charge on any atom is -0.496 e. The van der Waals surface area contributed by atoms with E-state index in [2.05, 4.69) is 15.1 Å². The van der Waals surface area contributed by atoms with E-state index in [4.69, 9.17) is 15.0 Å². The summed E-state index contributed by atoms with van der Waals surface area (Å²) >= 11 is 0. The molecular formula is C15H14N4O2. The van der Waals surface area contributed by atoms with E-state index >= 15 is 0 Å². The van der Waals surface area contributed by atoms with E-state index in [1.165, 1.54) is 0 Å². The van der Waals surface area contributed by atoms with Crippen molar-refractivity contribution in [1.82, 2.24) is 15.1 Å². The van der Waals surface area contributed by atoms with Crippen LogP contribution in [0, 0.1) is 6.92 Å². The molecule has 3 rings (SSSR count). The van der Waals surface area contributed by atoms with Gasteiger partial charge in [0.25, 0.3) is 5.89 Å². The van der Waals surface area contributed by atoms with Gasteiger partial charge in [0.05, 0.1) is 24.6 Å². The third-order valence-electron chi connectivity index (χ3n) is 3.16. The molecule has 0 spiro atoms. The molecule has 0 radical (unpaired) electrons. The van der Waals surface area contributed by atoms with E-state index in [9.17, 15) is 0 Å². The summed E-state index contributed by atoms with van der Waals surface area (Å²) in [4.78, 5) is 8.32. The maximum Gasteiger partial charge on any atom is 0.260 e. The van der Waals surface area contributed by atoms with Gasteiger partial charge < -0.3 is 15.0 Å². The fourth-order valence-electron chi connectivity index (χ4n) is 2.07. The van der Waals surface area contributed by atoms with E-state index in [0.29, 0.717) is 23.0 Å². The highest BCUT2D eigenvalue weighted by molar-refractivity contribution is 5.70. The molecule has 6 nitrogen and oxygen atoms in total. The van der Waals surface area contributed by atoms with Crippen LogP contribution in [-0.4, -0.2) is 22.2 Å². The first kappa shape index (κ1) is 13.1. The third kappa shape index (κ3) is 2.43. The Kier molecular flexibility index (Phi) is 3.27. The molecule has 0 bridgehead atoms. The van der Waals surface area contributed by atoms with Gasteiger partial charge in [0.2, 0.25) is 5.82 Å². The van der Waals surface area contributed by atoms with Crippen molar-refractivity contribution in [2.75, 3.05) is 12.8 Å². The molecule has 0 fully saturated rings. The molecule has 0 saturated heterocycles. The summed E-state index contributed by atoms with van der Waals surface area (Å²) in [5.41, 5.74) is 8.89. The van der Waals surface area contributed by atoms with Crippen molar-refractivity contribution in [1.29, 1.82) is 0 Å². The molecule has 2 heterocycles. The number of aryl methyl sites for hydroxylation is 1. The summed E-state index contributed by atoms with van der Waals surface area (Å²) in [7, 11) is 1.64. The summed E-state index contributed by atoms with van der Waals surface area (Å²) in [5.74, 6) is 1.70. The second-order valence-corrected chi connectivity index (χ2v) is 4.57. The van der Waals surface area contributed by atoms with Gasteiger partial charge in [-0.3, -0.25) is 4.98 Å². The number of nitrogens with two attached hydrogens (primary N) is 1. The predicted molar refractivity (Wildman–Crippen MR) is 78.7 cm³/mol. The van der Waals surface area contributed by atoms with Gasteiger partial charge in [-0.15, -0.1) is 0 Å². The molecule has 21 heavy (non-hydrogen) atoms. The number of benzene rings is 1. The van der Waals surface area contributed by atoms with Gasteiger partial charge in [-0.05, 0) is 36.8 Å². The van der Waals surface area contributed by atoms with Gasteiger partial charge >= 0.3 is 0 Å². The van der Waals surface area contributed by atoms with Gasteiger partial charge in [0, 0.05) is 11.8 Å². The third-order valence-corrected chi connectivity index (χ3v) is 3.16. The van der Waals surface area contributed by atoms with Crippen molar-refractivity contribution in [3.63, 3.8) is 0 Å². The molecule has 0 amide bonds. The molecule has 0 atom stereocenters. The lowest BCUT2D eigenvalue weighted by Crippen LogP contribution is -1.91. The Bertz CT molecular complexity index is 783. The minimum absolute atomic E-state index is 0.373. The normalized spacial score (nSPS) is 10.6.